The fourth-order valence-corrected chi connectivity index (χ4v) is 2.89. The zero-order chi connectivity index (χ0) is 9.97. The van der Waals surface area contributed by atoms with Crippen LogP contribution >= 0.6 is 11.8 Å². The van der Waals surface area contributed by atoms with E-state index in [0.717, 1.165) is 6.42 Å². The van der Waals surface area contributed by atoms with E-state index in [1.165, 1.54) is 10.5 Å². The van der Waals surface area contributed by atoms with Crippen LogP contribution in [0.5, 0.6) is 0 Å². The Hall–Kier alpha value is -1.02. The number of rotatable bonds is 3. The summed E-state index contributed by atoms with van der Waals surface area (Å²) >= 11 is 1.69. The number of ketones is 1. The van der Waals surface area contributed by atoms with E-state index >= 15 is 0 Å². The van der Waals surface area contributed by atoms with Crippen molar-refractivity contribution in [3.63, 3.8) is 0 Å². The molecule has 2 rings (SSSR count). The summed E-state index contributed by atoms with van der Waals surface area (Å²) in [5.41, 5.74) is 1.31. The maximum atomic E-state index is 11.6. The highest BCUT2D eigenvalue weighted by Gasteiger charge is 2.26. The number of benzene rings is 1. The Morgan fingerprint density at radius 3 is 3.07 bits per heavy atom. The van der Waals surface area contributed by atoms with Gasteiger partial charge in [0.05, 0.1) is 5.25 Å². The van der Waals surface area contributed by atoms with Gasteiger partial charge in [-0.2, -0.15) is 0 Å². The molecule has 0 radical (unpaired) electrons. The predicted octanol–water partition coefficient (Wildman–Crippen LogP) is 2.85. The lowest BCUT2D eigenvalue weighted by molar-refractivity contribution is -0.117. The number of carbonyl (C=O) groups excluding carboxylic acids is 1. The number of hydrogen-bond donors (Lipinski definition) is 0. The molecule has 0 amide bonds. The van der Waals surface area contributed by atoms with E-state index in [1.807, 2.05) is 12.1 Å². The van der Waals surface area contributed by atoms with Crippen LogP contribution in [0.2, 0.25) is 0 Å². The summed E-state index contributed by atoms with van der Waals surface area (Å²) in [6.07, 6.45) is 3.06. The second-order valence-electron chi connectivity index (χ2n) is 3.38. The number of allylic oxidation sites excluding steroid dienone is 1. The lowest BCUT2D eigenvalue weighted by Crippen LogP contribution is -2.14. The van der Waals surface area contributed by atoms with Crippen LogP contribution in [0.3, 0.4) is 0 Å². The molecule has 0 aliphatic carbocycles. The largest absolute Gasteiger partial charge is 0.298 e. The minimum atomic E-state index is 0.116. The minimum absolute atomic E-state index is 0.116. The van der Waals surface area contributed by atoms with E-state index in [1.54, 1.807) is 17.8 Å². The third-order valence-corrected chi connectivity index (χ3v) is 3.72. The Kier molecular flexibility index (Phi) is 2.73. The van der Waals surface area contributed by atoms with Gasteiger partial charge in [-0.1, -0.05) is 24.3 Å². The molecule has 72 valence electrons. The van der Waals surface area contributed by atoms with Crippen LogP contribution in [-0.4, -0.2) is 11.0 Å². The predicted molar refractivity (Wildman–Crippen MR) is 59.6 cm³/mol. The van der Waals surface area contributed by atoms with Crippen molar-refractivity contribution in [3.05, 3.63) is 42.5 Å². The maximum absolute atomic E-state index is 11.6. The summed E-state index contributed by atoms with van der Waals surface area (Å²) in [5.74, 6) is 0.293. The van der Waals surface area contributed by atoms with Gasteiger partial charge in [0.2, 0.25) is 0 Å². The highest BCUT2D eigenvalue weighted by molar-refractivity contribution is 8.01. The van der Waals surface area contributed by atoms with E-state index in [-0.39, 0.29) is 5.25 Å². The van der Waals surface area contributed by atoms with Crippen molar-refractivity contribution in [2.75, 3.05) is 0 Å². The number of hydrogen-bond acceptors (Lipinski definition) is 2. The van der Waals surface area contributed by atoms with Gasteiger partial charge in [-0.3, -0.25) is 4.79 Å². The number of fused-ring (bicyclic) bond motifs is 1. The van der Waals surface area contributed by atoms with E-state index in [2.05, 4.69) is 18.7 Å². The Morgan fingerprint density at radius 2 is 2.36 bits per heavy atom. The molecule has 0 saturated heterocycles. The monoisotopic (exact) mass is 204 g/mol. The van der Waals surface area contributed by atoms with Crippen molar-refractivity contribution in [2.45, 2.75) is 23.0 Å². The zero-order valence-corrected chi connectivity index (χ0v) is 8.72. The van der Waals surface area contributed by atoms with Gasteiger partial charge in [-0.05, 0) is 18.1 Å². The highest BCUT2D eigenvalue weighted by Crippen LogP contribution is 2.37. The molecule has 1 aliphatic heterocycles. The molecule has 1 heterocycles. The first-order valence-corrected chi connectivity index (χ1v) is 5.57. The summed E-state index contributed by atoms with van der Waals surface area (Å²) in [6, 6.07) is 8.23. The van der Waals surface area contributed by atoms with E-state index in [4.69, 9.17) is 0 Å². The molecular formula is C12H12OS. The van der Waals surface area contributed by atoms with Crippen LogP contribution in [0.4, 0.5) is 0 Å². The van der Waals surface area contributed by atoms with Gasteiger partial charge in [-0.25, -0.2) is 0 Å². The molecule has 0 aromatic heterocycles. The zero-order valence-electron chi connectivity index (χ0n) is 7.90. The Balaban J connectivity index is 2.11. The van der Waals surface area contributed by atoms with Gasteiger partial charge in [0.25, 0.3) is 0 Å². The standard InChI is InChI=1S/C12H12OS/c1-2-5-10(13)12-8-9-6-3-4-7-11(9)14-12/h2-4,6-7,12H,1,5,8H2. The molecule has 2 heteroatoms. The fourth-order valence-electron chi connectivity index (χ4n) is 1.64. The van der Waals surface area contributed by atoms with E-state index in [0.29, 0.717) is 12.2 Å². The fraction of sp³-hybridized carbons (Fsp3) is 0.250. The van der Waals surface area contributed by atoms with E-state index < -0.39 is 0 Å². The summed E-state index contributed by atoms with van der Waals surface area (Å²) in [5, 5.41) is 0.116. The first-order chi connectivity index (χ1) is 6.81. The average molecular weight is 204 g/mol. The molecule has 1 atom stereocenters. The van der Waals surface area contributed by atoms with Crippen molar-refractivity contribution >= 4 is 17.5 Å². The van der Waals surface area contributed by atoms with Gasteiger partial charge < -0.3 is 0 Å². The molecule has 1 unspecified atom stereocenters. The molecule has 1 aromatic rings. The Bertz CT molecular complexity index is 345. The minimum Gasteiger partial charge on any atom is -0.298 e. The number of carbonyl (C=O) groups is 1. The van der Waals surface area contributed by atoms with Crippen LogP contribution < -0.4 is 0 Å². The summed E-state index contributed by atoms with van der Waals surface area (Å²) in [7, 11) is 0. The Morgan fingerprint density at radius 1 is 1.57 bits per heavy atom. The van der Waals surface area contributed by atoms with Gasteiger partial charge in [-0.15, -0.1) is 18.3 Å². The molecule has 0 N–H and O–H groups in total. The molecule has 0 saturated carbocycles. The van der Waals surface area contributed by atoms with Gasteiger partial charge in [0.1, 0.15) is 5.78 Å². The van der Waals surface area contributed by atoms with Crippen LogP contribution in [0.25, 0.3) is 0 Å². The van der Waals surface area contributed by atoms with Crippen LogP contribution in [0.1, 0.15) is 12.0 Å². The lowest BCUT2D eigenvalue weighted by Gasteiger charge is -2.03. The molecule has 1 nitrogen and oxygen atoms in total. The molecule has 14 heavy (non-hydrogen) atoms. The van der Waals surface area contributed by atoms with Gasteiger partial charge in [0.15, 0.2) is 0 Å². The van der Waals surface area contributed by atoms with Crippen molar-refractivity contribution in [2.24, 2.45) is 0 Å². The highest BCUT2D eigenvalue weighted by atomic mass is 32.2. The summed E-state index contributed by atoms with van der Waals surface area (Å²) < 4.78 is 0. The molecule has 1 aromatic carbocycles. The van der Waals surface area contributed by atoms with Crippen molar-refractivity contribution in [1.82, 2.24) is 0 Å². The summed E-state index contributed by atoms with van der Waals surface area (Å²) in [4.78, 5) is 12.9. The average Bonchev–Trinajstić information content (AvgIpc) is 2.61. The van der Waals surface area contributed by atoms with Crippen LogP contribution in [0, 0.1) is 0 Å². The second-order valence-corrected chi connectivity index (χ2v) is 4.62. The molecule has 0 bridgehead atoms. The maximum Gasteiger partial charge on any atom is 0.150 e. The third-order valence-electron chi connectivity index (χ3n) is 2.35. The molecule has 0 fully saturated rings. The normalized spacial score (nSPS) is 19.0. The smallest absolute Gasteiger partial charge is 0.150 e. The second kappa shape index (κ2) is 4.01. The first-order valence-electron chi connectivity index (χ1n) is 4.69. The Labute approximate surface area is 88.2 Å². The van der Waals surface area contributed by atoms with Crippen LogP contribution in [0.15, 0.2) is 41.8 Å². The molecule has 0 spiro atoms. The van der Waals surface area contributed by atoms with Crippen LogP contribution in [-0.2, 0) is 11.2 Å². The molecular weight excluding hydrogens is 192 g/mol. The molecule has 1 aliphatic rings. The number of thioether (sulfide) groups is 1. The van der Waals surface area contributed by atoms with Crippen molar-refractivity contribution < 1.29 is 4.79 Å². The van der Waals surface area contributed by atoms with Crippen molar-refractivity contribution in [3.8, 4) is 0 Å². The third kappa shape index (κ3) is 1.75. The summed E-state index contributed by atoms with van der Waals surface area (Å²) in [6.45, 7) is 3.59. The number of Topliss-reactive ketones (excluding diaryl/α,β-unsaturated/α-hetero) is 1. The van der Waals surface area contributed by atoms with Gasteiger partial charge in [0, 0.05) is 11.3 Å². The lowest BCUT2D eigenvalue weighted by atomic mass is 10.1. The first kappa shape index (κ1) is 9.53. The SMILES string of the molecule is C=CCC(=O)C1Cc2ccccc2S1. The van der Waals surface area contributed by atoms with Gasteiger partial charge >= 0.3 is 0 Å². The topological polar surface area (TPSA) is 17.1 Å². The quantitative estimate of drug-likeness (QED) is 0.704. The van der Waals surface area contributed by atoms with E-state index in [9.17, 15) is 4.79 Å². The van der Waals surface area contributed by atoms with Crippen molar-refractivity contribution in [1.29, 1.82) is 0 Å².